The molecule has 0 bridgehead atoms. The second-order valence-electron chi connectivity index (χ2n) is 5.56. The lowest BCUT2D eigenvalue weighted by molar-refractivity contribution is -0.142. The number of likely N-dealkylation sites (tertiary alicyclic amines) is 1. The zero-order valence-corrected chi connectivity index (χ0v) is 12.3. The Morgan fingerprint density at radius 1 is 1.35 bits per heavy atom. The van der Waals surface area contributed by atoms with Gasteiger partial charge in [-0.1, -0.05) is 6.07 Å². The SMILES string of the molecule is Cc1cc(C)cc(OCCCN2CCCC2C(=O)O)c1. The van der Waals surface area contributed by atoms with Crippen LogP contribution in [0, 0.1) is 13.8 Å². The van der Waals surface area contributed by atoms with Gasteiger partial charge in [-0.05, 0) is 62.9 Å². The Bertz CT molecular complexity index is 453. The predicted molar refractivity (Wildman–Crippen MR) is 78.3 cm³/mol. The maximum atomic E-state index is 11.1. The van der Waals surface area contributed by atoms with Gasteiger partial charge in [0.15, 0.2) is 0 Å². The number of aliphatic carboxylic acids is 1. The number of benzene rings is 1. The molecule has 1 heterocycles. The summed E-state index contributed by atoms with van der Waals surface area (Å²) in [6.07, 6.45) is 2.61. The van der Waals surface area contributed by atoms with Gasteiger partial charge in [0, 0.05) is 6.54 Å². The van der Waals surface area contributed by atoms with Gasteiger partial charge in [0.05, 0.1) is 6.61 Å². The summed E-state index contributed by atoms with van der Waals surface area (Å²) in [6.45, 7) is 6.43. The van der Waals surface area contributed by atoms with E-state index in [2.05, 4.69) is 19.9 Å². The number of carboxylic acids is 1. The van der Waals surface area contributed by atoms with E-state index in [4.69, 9.17) is 9.84 Å². The Morgan fingerprint density at radius 2 is 2.05 bits per heavy atom. The predicted octanol–water partition coefficient (Wildman–Crippen LogP) is 2.62. The summed E-state index contributed by atoms with van der Waals surface area (Å²) in [5.74, 6) is 0.205. The van der Waals surface area contributed by atoms with Crippen molar-refractivity contribution in [1.82, 2.24) is 4.90 Å². The van der Waals surface area contributed by atoms with E-state index in [-0.39, 0.29) is 6.04 Å². The number of rotatable bonds is 6. The third-order valence-corrected chi connectivity index (χ3v) is 3.70. The lowest BCUT2D eigenvalue weighted by Gasteiger charge is -2.20. The van der Waals surface area contributed by atoms with Gasteiger partial charge in [-0.25, -0.2) is 0 Å². The largest absolute Gasteiger partial charge is 0.494 e. The van der Waals surface area contributed by atoms with Crippen LogP contribution in [-0.4, -0.2) is 41.7 Å². The molecule has 0 saturated carbocycles. The van der Waals surface area contributed by atoms with E-state index in [9.17, 15) is 4.79 Å². The number of carbonyl (C=O) groups is 1. The van der Waals surface area contributed by atoms with Crippen LogP contribution in [0.15, 0.2) is 18.2 Å². The average molecular weight is 277 g/mol. The van der Waals surface area contributed by atoms with Gasteiger partial charge in [-0.2, -0.15) is 0 Å². The molecule has 1 fully saturated rings. The summed E-state index contributed by atoms with van der Waals surface area (Å²) in [5.41, 5.74) is 2.40. The minimum Gasteiger partial charge on any atom is -0.494 e. The number of aryl methyl sites for hydroxylation is 2. The quantitative estimate of drug-likeness (QED) is 0.812. The number of ether oxygens (including phenoxy) is 1. The van der Waals surface area contributed by atoms with Crippen LogP contribution in [0.4, 0.5) is 0 Å². The second-order valence-corrected chi connectivity index (χ2v) is 5.56. The van der Waals surface area contributed by atoms with E-state index >= 15 is 0 Å². The summed E-state index contributed by atoms with van der Waals surface area (Å²) in [7, 11) is 0. The van der Waals surface area contributed by atoms with E-state index in [1.807, 2.05) is 17.0 Å². The fraction of sp³-hybridized carbons (Fsp3) is 0.562. The minimum absolute atomic E-state index is 0.295. The van der Waals surface area contributed by atoms with Gasteiger partial charge in [0.1, 0.15) is 11.8 Å². The normalized spacial score (nSPS) is 19.2. The van der Waals surface area contributed by atoms with Crippen molar-refractivity contribution in [3.05, 3.63) is 29.3 Å². The van der Waals surface area contributed by atoms with Crippen LogP contribution in [0.25, 0.3) is 0 Å². The zero-order chi connectivity index (χ0) is 14.5. The van der Waals surface area contributed by atoms with Crippen LogP contribution in [0.3, 0.4) is 0 Å². The van der Waals surface area contributed by atoms with E-state index < -0.39 is 5.97 Å². The van der Waals surface area contributed by atoms with Gasteiger partial charge < -0.3 is 9.84 Å². The molecule has 0 aromatic heterocycles. The Morgan fingerprint density at radius 3 is 2.70 bits per heavy atom. The summed E-state index contributed by atoms with van der Waals surface area (Å²) < 4.78 is 5.75. The molecule has 0 spiro atoms. The maximum Gasteiger partial charge on any atom is 0.320 e. The van der Waals surface area contributed by atoms with Gasteiger partial charge in [0.25, 0.3) is 0 Å². The summed E-state index contributed by atoms with van der Waals surface area (Å²) >= 11 is 0. The topological polar surface area (TPSA) is 49.8 Å². The minimum atomic E-state index is -0.697. The summed E-state index contributed by atoms with van der Waals surface area (Å²) in [4.78, 5) is 13.1. The number of nitrogens with zero attached hydrogens (tertiary/aromatic N) is 1. The molecule has 110 valence electrons. The van der Waals surface area contributed by atoms with Crippen molar-refractivity contribution in [2.75, 3.05) is 19.7 Å². The first-order valence-electron chi connectivity index (χ1n) is 7.24. The Labute approximate surface area is 120 Å². The van der Waals surface area contributed by atoms with E-state index in [1.165, 1.54) is 11.1 Å². The van der Waals surface area contributed by atoms with Crippen molar-refractivity contribution in [2.45, 2.75) is 39.2 Å². The van der Waals surface area contributed by atoms with Crippen molar-refractivity contribution in [3.63, 3.8) is 0 Å². The Balaban J connectivity index is 1.75. The molecule has 2 rings (SSSR count). The van der Waals surface area contributed by atoms with E-state index in [0.29, 0.717) is 6.61 Å². The molecule has 4 heteroatoms. The van der Waals surface area contributed by atoms with Crippen LogP contribution >= 0.6 is 0 Å². The third-order valence-electron chi connectivity index (χ3n) is 3.70. The zero-order valence-electron chi connectivity index (χ0n) is 12.3. The highest BCUT2D eigenvalue weighted by Crippen LogP contribution is 2.19. The van der Waals surface area contributed by atoms with Gasteiger partial charge in [-0.3, -0.25) is 9.69 Å². The highest BCUT2D eigenvalue weighted by molar-refractivity contribution is 5.73. The van der Waals surface area contributed by atoms with Gasteiger partial charge >= 0.3 is 5.97 Å². The first kappa shape index (κ1) is 14.9. The molecule has 20 heavy (non-hydrogen) atoms. The molecule has 0 aliphatic carbocycles. The van der Waals surface area contributed by atoms with E-state index in [1.54, 1.807) is 0 Å². The van der Waals surface area contributed by atoms with Crippen LogP contribution in [0.2, 0.25) is 0 Å². The fourth-order valence-electron chi connectivity index (χ4n) is 2.85. The van der Waals surface area contributed by atoms with Crippen LogP contribution in [-0.2, 0) is 4.79 Å². The second kappa shape index (κ2) is 6.75. The average Bonchev–Trinajstić information content (AvgIpc) is 2.82. The van der Waals surface area contributed by atoms with Crippen molar-refractivity contribution < 1.29 is 14.6 Å². The van der Waals surface area contributed by atoms with Crippen molar-refractivity contribution in [3.8, 4) is 5.75 Å². The summed E-state index contributed by atoms with van der Waals surface area (Å²) in [5, 5.41) is 9.11. The van der Waals surface area contributed by atoms with Gasteiger partial charge in [0.2, 0.25) is 0 Å². The highest BCUT2D eigenvalue weighted by atomic mass is 16.5. The van der Waals surface area contributed by atoms with Crippen molar-refractivity contribution >= 4 is 5.97 Å². The standard InChI is InChI=1S/C16H23NO3/c1-12-9-13(2)11-14(10-12)20-8-4-7-17-6-3-5-15(17)16(18)19/h9-11,15H,3-8H2,1-2H3,(H,18,19). The first-order chi connectivity index (χ1) is 9.56. The molecule has 1 N–H and O–H groups in total. The molecular formula is C16H23NO3. The van der Waals surface area contributed by atoms with Crippen molar-refractivity contribution in [2.24, 2.45) is 0 Å². The monoisotopic (exact) mass is 277 g/mol. The van der Waals surface area contributed by atoms with Crippen LogP contribution < -0.4 is 4.74 Å². The number of hydrogen-bond donors (Lipinski definition) is 1. The van der Waals surface area contributed by atoms with Crippen LogP contribution in [0.5, 0.6) is 5.75 Å². The molecule has 1 aliphatic heterocycles. The molecule has 1 aromatic carbocycles. The lowest BCUT2D eigenvalue weighted by Crippen LogP contribution is -2.36. The highest BCUT2D eigenvalue weighted by Gasteiger charge is 2.29. The number of hydrogen-bond acceptors (Lipinski definition) is 3. The fourth-order valence-corrected chi connectivity index (χ4v) is 2.85. The van der Waals surface area contributed by atoms with Crippen LogP contribution in [0.1, 0.15) is 30.4 Å². The van der Waals surface area contributed by atoms with Crippen molar-refractivity contribution in [1.29, 1.82) is 0 Å². The molecule has 1 aromatic rings. The van der Waals surface area contributed by atoms with E-state index in [0.717, 1.165) is 38.1 Å². The molecular weight excluding hydrogens is 254 g/mol. The molecule has 0 amide bonds. The Kier molecular flexibility index (Phi) is 5.01. The molecule has 1 saturated heterocycles. The number of carboxylic acid groups (broad SMARTS) is 1. The third kappa shape index (κ3) is 3.97. The van der Waals surface area contributed by atoms with Gasteiger partial charge in [-0.15, -0.1) is 0 Å². The molecule has 1 atom stereocenters. The molecule has 0 radical (unpaired) electrons. The first-order valence-corrected chi connectivity index (χ1v) is 7.24. The summed E-state index contributed by atoms with van der Waals surface area (Å²) in [6, 6.07) is 5.89. The maximum absolute atomic E-state index is 11.1. The Hall–Kier alpha value is -1.55. The molecule has 1 unspecified atom stereocenters. The lowest BCUT2D eigenvalue weighted by atomic mass is 10.1. The smallest absolute Gasteiger partial charge is 0.320 e. The molecule has 4 nitrogen and oxygen atoms in total. The molecule has 1 aliphatic rings.